The largest absolute Gasteiger partial charge is 0.379 e. The second-order valence-electron chi connectivity index (χ2n) is 4.48. The van der Waals surface area contributed by atoms with Crippen molar-refractivity contribution in [2.45, 2.75) is 13.3 Å². The molecule has 0 saturated carbocycles. The third-order valence-corrected chi connectivity index (χ3v) is 2.56. The van der Waals surface area contributed by atoms with Gasteiger partial charge in [0.2, 0.25) is 5.91 Å². The first-order valence-corrected chi connectivity index (χ1v) is 8.02. The number of primary amides is 1. The quantitative estimate of drug-likeness (QED) is 0.331. The van der Waals surface area contributed by atoms with Crippen molar-refractivity contribution in [3.63, 3.8) is 0 Å². The lowest BCUT2D eigenvalue weighted by Gasteiger charge is -2.07. The molecule has 0 bridgehead atoms. The number of ether oxygens (including phenoxy) is 6. The van der Waals surface area contributed by atoms with E-state index in [0.717, 1.165) is 0 Å². The van der Waals surface area contributed by atoms with Crippen LogP contribution in [0.2, 0.25) is 0 Å². The first-order chi connectivity index (χ1) is 11.3. The normalized spacial score (nSPS) is 11.0. The van der Waals surface area contributed by atoms with Crippen LogP contribution in [-0.2, 0) is 33.2 Å². The van der Waals surface area contributed by atoms with E-state index in [2.05, 4.69) is 0 Å². The molecule has 1 amide bonds. The molecule has 2 N–H and O–H groups in total. The van der Waals surface area contributed by atoms with Crippen molar-refractivity contribution in [2.24, 2.45) is 5.73 Å². The van der Waals surface area contributed by atoms with Gasteiger partial charge in [-0.15, -0.1) is 0 Å². The zero-order valence-corrected chi connectivity index (χ0v) is 14.1. The molecule has 0 fully saturated rings. The lowest BCUT2D eigenvalue weighted by atomic mass is 10.4. The van der Waals surface area contributed by atoms with Crippen LogP contribution >= 0.6 is 0 Å². The van der Waals surface area contributed by atoms with Gasteiger partial charge < -0.3 is 34.2 Å². The molecule has 0 aromatic rings. The van der Waals surface area contributed by atoms with Crippen molar-refractivity contribution in [1.29, 1.82) is 0 Å². The van der Waals surface area contributed by atoms with Gasteiger partial charge in [0, 0.05) is 13.0 Å². The van der Waals surface area contributed by atoms with Crippen molar-refractivity contribution >= 4 is 5.91 Å². The zero-order valence-electron chi connectivity index (χ0n) is 14.1. The third-order valence-electron chi connectivity index (χ3n) is 2.56. The number of hydrogen-bond donors (Lipinski definition) is 1. The Morgan fingerprint density at radius 1 is 0.609 bits per heavy atom. The Kier molecular flexibility index (Phi) is 18.6. The lowest BCUT2D eigenvalue weighted by Crippen LogP contribution is -2.16. The summed E-state index contributed by atoms with van der Waals surface area (Å²) in [6.45, 7) is 8.31. The fraction of sp³-hybridized carbons (Fsp3) is 0.933. The highest BCUT2D eigenvalue weighted by atomic mass is 16.6. The lowest BCUT2D eigenvalue weighted by molar-refractivity contribution is -0.119. The van der Waals surface area contributed by atoms with Gasteiger partial charge in [0.15, 0.2) is 0 Å². The maximum atomic E-state index is 10.4. The Morgan fingerprint density at radius 2 is 0.913 bits per heavy atom. The SMILES string of the molecule is CCOCCOCCOCCOCCOCCOCCC(N)=O. The molecule has 0 unspecified atom stereocenters. The number of rotatable bonds is 19. The number of amides is 1. The Labute approximate surface area is 138 Å². The summed E-state index contributed by atoms with van der Waals surface area (Å²) in [6.07, 6.45) is 0.237. The minimum absolute atomic E-state index is 0.237. The van der Waals surface area contributed by atoms with Crippen LogP contribution in [0.15, 0.2) is 0 Å². The molecule has 23 heavy (non-hydrogen) atoms. The van der Waals surface area contributed by atoms with Crippen molar-refractivity contribution in [1.82, 2.24) is 0 Å². The summed E-state index contributed by atoms with van der Waals surface area (Å²) in [5, 5.41) is 0. The standard InChI is InChI=1S/C15H31NO7/c1-2-18-5-6-20-9-10-22-13-14-23-12-11-21-8-7-19-4-3-15(16)17/h2-14H2,1H3,(H2,16,17). The molecule has 0 atom stereocenters. The highest BCUT2D eigenvalue weighted by Crippen LogP contribution is 1.85. The molecule has 138 valence electrons. The van der Waals surface area contributed by atoms with Crippen LogP contribution in [0.4, 0.5) is 0 Å². The number of nitrogens with two attached hydrogens (primary N) is 1. The van der Waals surface area contributed by atoms with Crippen molar-refractivity contribution < 1.29 is 33.2 Å². The molecule has 0 aromatic carbocycles. The Morgan fingerprint density at radius 3 is 1.22 bits per heavy atom. The number of carbonyl (C=O) groups is 1. The van der Waals surface area contributed by atoms with Gasteiger partial charge >= 0.3 is 0 Å². The average molecular weight is 337 g/mol. The van der Waals surface area contributed by atoms with E-state index in [-0.39, 0.29) is 12.3 Å². The van der Waals surface area contributed by atoms with E-state index < -0.39 is 0 Å². The summed E-state index contributed by atoms with van der Waals surface area (Å²) >= 11 is 0. The predicted molar refractivity (Wildman–Crippen MR) is 84.4 cm³/mol. The van der Waals surface area contributed by atoms with E-state index >= 15 is 0 Å². The van der Waals surface area contributed by atoms with E-state index in [9.17, 15) is 4.79 Å². The molecule has 0 aliphatic heterocycles. The van der Waals surface area contributed by atoms with Gasteiger partial charge in [-0.1, -0.05) is 0 Å². The molecule has 0 radical (unpaired) electrons. The van der Waals surface area contributed by atoms with Gasteiger partial charge in [0.25, 0.3) is 0 Å². The molecule has 0 aliphatic carbocycles. The molecular formula is C15H31NO7. The van der Waals surface area contributed by atoms with Crippen LogP contribution in [-0.4, -0.2) is 85.2 Å². The molecule has 0 spiro atoms. The molecule has 8 nitrogen and oxygen atoms in total. The average Bonchev–Trinajstić information content (AvgIpc) is 2.53. The van der Waals surface area contributed by atoms with Crippen LogP contribution in [0.3, 0.4) is 0 Å². The molecule has 0 saturated heterocycles. The Balaban J connectivity index is 2.96. The van der Waals surface area contributed by atoms with Gasteiger partial charge in [-0.3, -0.25) is 4.79 Å². The summed E-state index contributed by atoms with van der Waals surface area (Å²) in [5.41, 5.74) is 4.98. The summed E-state index contributed by atoms with van der Waals surface area (Å²) < 4.78 is 31.6. The Hall–Kier alpha value is -0.770. The van der Waals surface area contributed by atoms with Crippen molar-refractivity contribution in [3.05, 3.63) is 0 Å². The minimum atomic E-state index is -0.362. The molecular weight excluding hydrogens is 306 g/mol. The van der Waals surface area contributed by atoms with Crippen LogP contribution in [0.25, 0.3) is 0 Å². The number of carbonyl (C=O) groups excluding carboxylic acids is 1. The fourth-order valence-corrected chi connectivity index (χ4v) is 1.42. The second kappa shape index (κ2) is 19.3. The smallest absolute Gasteiger partial charge is 0.219 e. The summed E-state index contributed by atoms with van der Waals surface area (Å²) in [4.78, 5) is 10.4. The van der Waals surface area contributed by atoms with E-state index in [1.165, 1.54) is 0 Å². The van der Waals surface area contributed by atoms with Gasteiger partial charge in [0.05, 0.1) is 72.7 Å². The summed E-state index contributed by atoms with van der Waals surface area (Å²) in [5.74, 6) is -0.362. The first-order valence-electron chi connectivity index (χ1n) is 8.02. The second-order valence-corrected chi connectivity index (χ2v) is 4.48. The summed E-state index contributed by atoms with van der Waals surface area (Å²) in [7, 11) is 0. The molecule has 0 aromatic heterocycles. The van der Waals surface area contributed by atoms with E-state index in [0.29, 0.717) is 79.3 Å². The molecule has 0 rings (SSSR count). The van der Waals surface area contributed by atoms with Crippen molar-refractivity contribution in [2.75, 3.05) is 79.3 Å². The fourth-order valence-electron chi connectivity index (χ4n) is 1.42. The number of hydrogen-bond acceptors (Lipinski definition) is 7. The topological polar surface area (TPSA) is 98.5 Å². The summed E-state index contributed by atoms with van der Waals surface area (Å²) in [6, 6.07) is 0. The first kappa shape index (κ1) is 22.2. The molecule has 0 heterocycles. The van der Waals surface area contributed by atoms with Crippen LogP contribution in [0, 0.1) is 0 Å². The molecule has 0 aliphatic rings. The molecule has 8 heteroatoms. The monoisotopic (exact) mass is 337 g/mol. The van der Waals surface area contributed by atoms with Gasteiger partial charge in [0.1, 0.15) is 0 Å². The van der Waals surface area contributed by atoms with Gasteiger partial charge in [-0.25, -0.2) is 0 Å². The predicted octanol–water partition coefficient (Wildman–Crippen LogP) is -0.0187. The van der Waals surface area contributed by atoms with E-state index in [1.54, 1.807) is 0 Å². The van der Waals surface area contributed by atoms with E-state index in [1.807, 2.05) is 6.92 Å². The van der Waals surface area contributed by atoms with Crippen molar-refractivity contribution in [3.8, 4) is 0 Å². The highest BCUT2D eigenvalue weighted by molar-refractivity contribution is 5.73. The minimum Gasteiger partial charge on any atom is -0.379 e. The van der Waals surface area contributed by atoms with Gasteiger partial charge in [-0.05, 0) is 6.92 Å². The van der Waals surface area contributed by atoms with Crippen LogP contribution in [0.5, 0.6) is 0 Å². The Bertz CT molecular complexity index is 254. The van der Waals surface area contributed by atoms with Crippen LogP contribution < -0.4 is 5.73 Å². The zero-order chi connectivity index (χ0) is 17.0. The maximum Gasteiger partial charge on any atom is 0.219 e. The maximum absolute atomic E-state index is 10.4. The van der Waals surface area contributed by atoms with E-state index in [4.69, 9.17) is 34.2 Å². The highest BCUT2D eigenvalue weighted by Gasteiger charge is 1.95. The van der Waals surface area contributed by atoms with Crippen LogP contribution in [0.1, 0.15) is 13.3 Å². The van der Waals surface area contributed by atoms with Gasteiger partial charge in [-0.2, -0.15) is 0 Å². The third kappa shape index (κ3) is 21.2.